The zero-order chi connectivity index (χ0) is 15.5. The summed E-state index contributed by atoms with van der Waals surface area (Å²) in [6.07, 6.45) is 2.06. The van der Waals surface area contributed by atoms with Crippen LogP contribution in [-0.4, -0.2) is 23.6 Å². The topological polar surface area (TPSA) is 102 Å². The molecule has 6 heteroatoms. The highest BCUT2D eigenvalue weighted by Crippen LogP contribution is 2.66. The lowest BCUT2D eigenvalue weighted by Gasteiger charge is -2.60. The molecule has 3 saturated heterocycles. The van der Waals surface area contributed by atoms with Crippen molar-refractivity contribution in [2.75, 3.05) is 0 Å². The fourth-order valence-corrected chi connectivity index (χ4v) is 3.96. The van der Waals surface area contributed by atoms with E-state index >= 15 is 0 Å². The third-order valence-corrected chi connectivity index (χ3v) is 5.31. The van der Waals surface area contributed by atoms with Crippen LogP contribution >= 0.6 is 0 Å². The number of hydrogen-bond acceptors (Lipinski definition) is 5. The van der Waals surface area contributed by atoms with Crippen molar-refractivity contribution in [3.05, 3.63) is 0 Å². The number of hydrogen-bond donors (Lipinski definition) is 1. The molecular formula is C15H18N4O2. The molecule has 0 aromatic heterocycles. The number of aliphatic imine (C=N–C) groups is 1. The van der Waals surface area contributed by atoms with E-state index in [0.29, 0.717) is 6.42 Å². The minimum Gasteiger partial charge on any atom is -0.447 e. The highest BCUT2D eigenvalue weighted by molar-refractivity contribution is 6.12. The Morgan fingerprint density at radius 2 is 2.00 bits per heavy atom. The van der Waals surface area contributed by atoms with Gasteiger partial charge >= 0.3 is 0 Å². The quantitative estimate of drug-likeness (QED) is 0.860. The Hall–Kier alpha value is -1.92. The molecule has 4 rings (SSSR count). The first-order valence-electron chi connectivity index (χ1n) is 7.30. The maximum Gasteiger partial charge on any atom is 0.218 e. The highest BCUT2D eigenvalue weighted by Gasteiger charge is 2.81. The van der Waals surface area contributed by atoms with Gasteiger partial charge in [0.05, 0.1) is 18.2 Å². The molecule has 110 valence electrons. The molecule has 0 amide bonds. The lowest BCUT2D eigenvalue weighted by atomic mass is 9.51. The van der Waals surface area contributed by atoms with E-state index in [2.05, 4.69) is 24.1 Å². The molecule has 0 saturated carbocycles. The van der Waals surface area contributed by atoms with Gasteiger partial charge in [0.1, 0.15) is 5.84 Å². The molecular weight excluding hydrogens is 268 g/mol. The van der Waals surface area contributed by atoms with E-state index < -0.39 is 28.6 Å². The van der Waals surface area contributed by atoms with Gasteiger partial charge in [-0.2, -0.15) is 15.5 Å². The maximum absolute atomic E-state index is 9.89. The van der Waals surface area contributed by atoms with Crippen molar-refractivity contribution in [1.82, 2.24) is 0 Å². The van der Waals surface area contributed by atoms with Gasteiger partial charge in [0.15, 0.2) is 10.8 Å². The van der Waals surface area contributed by atoms with Crippen LogP contribution in [0.15, 0.2) is 4.99 Å². The first-order valence-corrected chi connectivity index (χ1v) is 7.30. The van der Waals surface area contributed by atoms with Crippen LogP contribution in [-0.2, 0) is 9.47 Å². The Balaban J connectivity index is 2.22. The number of ether oxygens (including phenoxy) is 2. The Morgan fingerprint density at radius 3 is 2.57 bits per heavy atom. The van der Waals surface area contributed by atoms with Crippen LogP contribution in [0.3, 0.4) is 0 Å². The van der Waals surface area contributed by atoms with Crippen LogP contribution in [0, 0.1) is 44.8 Å². The predicted molar refractivity (Wildman–Crippen MR) is 74.3 cm³/mol. The summed E-state index contributed by atoms with van der Waals surface area (Å²) in [7, 11) is 0. The number of nitrogens with zero attached hydrogens (tertiary/aromatic N) is 3. The predicted octanol–water partition coefficient (Wildman–Crippen LogP) is 2.37. The van der Waals surface area contributed by atoms with Crippen LogP contribution in [0.1, 0.15) is 40.0 Å². The summed E-state index contributed by atoms with van der Waals surface area (Å²) in [4.78, 5) is 4.13. The first-order chi connectivity index (χ1) is 9.92. The standard InChI is InChI=1S/C15H18N4O2/c1-4-5-6-10-15(8-17)12-19-11(18)14(15,7-16)9(2)13(3,20-10)21-12/h9-10,18H,4-6H2,1-3H3/t9-,10+,13+,14-,15+/m1/s1. The van der Waals surface area contributed by atoms with Gasteiger partial charge in [-0.3, -0.25) is 5.41 Å². The molecule has 4 aliphatic heterocycles. The molecule has 4 aliphatic rings. The van der Waals surface area contributed by atoms with Gasteiger partial charge in [0, 0.05) is 12.8 Å². The second-order valence-corrected chi connectivity index (χ2v) is 6.19. The molecule has 21 heavy (non-hydrogen) atoms. The van der Waals surface area contributed by atoms with Gasteiger partial charge in [-0.1, -0.05) is 26.7 Å². The third kappa shape index (κ3) is 1.25. The van der Waals surface area contributed by atoms with Crippen molar-refractivity contribution in [3.63, 3.8) is 0 Å². The van der Waals surface area contributed by atoms with E-state index in [9.17, 15) is 10.5 Å². The summed E-state index contributed by atoms with van der Waals surface area (Å²) in [5.74, 6) is -1.31. The Kier molecular flexibility index (Phi) is 2.71. The summed E-state index contributed by atoms with van der Waals surface area (Å²) in [6, 6.07) is 4.49. The molecule has 0 aliphatic carbocycles. The number of nitrogens with one attached hydrogen (secondary N) is 1. The molecule has 0 aromatic carbocycles. The summed E-state index contributed by atoms with van der Waals surface area (Å²) >= 11 is 0. The molecule has 5 atom stereocenters. The second-order valence-electron chi connectivity index (χ2n) is 6.19. The zero-order valence-electron chi connectivity index (χ0n) is 12.4. The molecule has 0 radical (unpaired) electrons. The van der Waals surface area contributed by atoms with Crippen LogP contribution in [0.25, 0.3) is 0 Å². The van der Waals surface area contributed by atoms with Crippen LogP contribution in [0.4, 0.5) is 0 Å². The van der Waals surface area contributed by atoms with Crippen molar-refractivity contribution in [3.8, 4) is 12.1 Å². The number of fused-ring (bicyclic) bond motifs is 1. The smallest absolute Gasteiger partial charge is 0.218 e. The third-order valence-electron chi connectivity index (χ3n) is 5.31. The fraction of sp³-hybridized carbons (Fsp3) is 0.733. The van der Waals surface area contributed by atoms with Gasteiger partial charge in [-0.25, -0.2) is 0 Å². The van der Waals surface area contributed by atoms with Crippen LogP contribution in [0.2, 0.25) is 0 Å². The minimum absolute atomic E-state index is 0.0671. The van der Waals surface area contributed by atoms with E-state index in [1.165, 1.54) is 0 Å². The SMILES string of the molecule is CCCC[C@@H]1O[C@@]2(C)OC3=NC(=N)[C@@](C#N)([C@@H]2C)[C@]31C#N. The maximum atomic E-state index is 9.89. The largest absolute Gasteiger partial charge is 0.447 e. The van der Waals surface area contributed by atoms with Crippen LogP contribution in [0.5, 0.6) is 0 Å². The van der Waals surface area contributed by atoms with Gasteiger partial charge in [0.25, 0.3) is 0 Å². The average Bonchev–Trinajstić information content (AvgIpc) is 2.68. The number of unbranched alkanes of at least 4 members (excludes halogenated alkanes) is 1. The van der Waals surface area contributed by atoms with Gasteiger partial charge in [0.2, 0.25) is 11.7 Å². The lowest BCUT2D eigenvalue weighted by molar-refractivity contribution is -0.330. The molecule has 4 bridgehead atoms. The molecule has 1 N–H and O–H groups in total. The average molecular weight is 286 g/mol. The van der Waals surface area contributed by atoms with Gasteiger partial charge in [-0.15, -0.1) is 0 Å². The Labute approximate surface area is 123 Å². The first kappa shape index (κ1) is 14.0. The summed E-state index contributed by atoms with van der Waals surface area (Å²) in [5, 5.41) is 27.9. The van der Waals surface area contributed by atoms with Crippen molar-refractivity contribution in [1.29, 1.82) is 15.9 Å². The summed E-state index contributed by atoms with van der Waals surface area (Å²) < 4.78 is 11.9. The monoisotopic (exact) mass is 286 g/mol. The Bertz CT molecular complexity index is 631. The van der Waals surface area contributed by atoms with E-state index in [-0.39, 0.29) is 11.7 Å². The number of rotatable bonds is 3. The molecule has 6 nitrogen and oxygen atoms in total. The molecule has 0 spiro atoms. The summed E-state index contributed by atoms with van der Waals surface area (Å²) in [5.41, 5.74) is -2.56. The molecule has 0 unspecified atom stereocenters. The molecule has 0 aromatic rings. The van der Waals surface area contributed by atoms with Crippen molar-refractivity contribution < 1.29 is 9.47 Å². The van der Waals surface area contributed by atoms with Crippen molar-refractivity contribution in [2.24, 2.45) is 21.7 Å². The lowest BCUT2D eigenvalue weighted by Crippen LogP contribution is -2.73. The van der Waals surface area contributed by atoms with Crippen molar-refractivity contribution in [2.45, 2.75) is 51.9 Å². The number of amidine groups is 1. The Morgan fingerprint density at radius 1 is 1.33 bits per heavy atom. The van der Waals surface area contributed by atoms with Gasteiger partial charge < -0.3 is 9.47 Å². The summed E-state index contributed by atoms with van der Waals surface area (Å²) in [6.45, 7) is 5.64. The molecule has 4 heterocycles. The van der Waals surface area contributed by atoms with E-state index in [0.717, 1.165) is 12.8 Å². The fourth-order valence-electron chi connectivity index (χ4n) is 3.96. The second kappa shape index (κ2) is 4.05. The zero-order valence-corrected chi connectivity index (χ0v) is 12.4. The van der Waals surface area contributed by atoms with E-state index in [4.69, 9.17) is 14.9 Å². The highest BCUT2D eigenvalue weighted by atomic mass is 16.7. The normalized spacial score (nSPS) is 46.5. The molecule has 3 fully saturated rings. The number of nitriles is 2. The van der Waals surface area contributed by atoms with Gasteiger partial charge in [-0.05, 0) is 6.42 Å². The van der Waals surface area contributed by atoms with E-state index in [1.54, 1.807) is 13.8 Å². The van der Waals surface area contributed by atoms with Crippen LogP contribution < -0.4 is 0 Å². The van der Waals surface area contributed by atoms with Crippen molar-refractivity contribution >= 4 is 11.7 Å². The minimum atomic E-state index is -1.29. The van der Waals surface area contributed by atoms with E-state index in [1.807, 2.05) is 0 Å².